The number of nitrogens with one attached hydrogen (secondary N) is 1. The second-order valence-electron chi connectivity index (χ2n) is 5.80. The molecule has 0 radical (unpaired) electrons. The zero-order valence-electron chi connectivity index (χ0n) is 13.4. The third-order valence-corrected chi connectivity index (χ3v) is 4.19. The molecule has 0 aliphatic carbocycles. The lowest BCUT2D eigenvalue weighted by Crippen LogP contribution is -2.38. The van der Waals surface area contributed by atoms with Gasteiger partial charge in [-0.05, 0) is 38.0 Å². The van der Waals surface area contributed by atoms with Gasteiger partial charge in [-0.3, -0.25) is 10.1 Å². The van der Waals surface area contributed by atoms with Crippen molar-refractivity contribution in [2.45, 2.75) is 58.3 Å². The Morgan fingerprint density at radius 1 is 1.33 bits per heavy atom. The fourth-order valence-corrected chi connectivity index (χ4v) is 2.89. The van der Waals surface area contributed by atoms with Crippen LogP contribution >= 0.6 is 0 Å². The lowest BCUT2D eigenvalue weighted by Gasteiger charge is -2.30. The first-order valence-corrected chi connectivity index (χ1v) is 7.80. The van der Waals surface area contributed by atoms with Gasteiger partial charge in [0.2, 0.25) is 5.91 Å². The lowest BCUT2D eigenvalue weighted by atomic mass is 10.1. The maximum atomic E-state index is 12.5. The van der Waals surface area contributed by atoms with Crippen LogP contribution in [0.5, 0.6) is 5.75 Å². The number of nitrogens with zero attached hydrogens (tertiary/aromatic N) is 1. The van der Waals surface area contributed by atoms with Crippen molar-refractivity contribution < 1.29 is 9.53 Å². The van der Waals surface area contributed by atoms with E-state index < -0.39 is 0 Å². The van der Waals surface area contributed by atoms with Gasteiger partial charge in [-0.1, -0.05) is 31.9 Å². The first kappa shape index (κ1) is 15.8. The summed E-state index contributed by atoms with van der Waals surface area (Å²) in [4.78, 5) is 14.5. The molecule has 1 aromatic rings. The summed E-state index contributed by atoms with van der Waals surface area (Å²) in [6.07, 6.45) is 3.31. The highest BCUT2D eigenvalue weighted by atomic mass is 16.5. The van der Waals surface area contributed by atoms with Gasteiger partial charge in [0.05, 0.1) is 13.2 Å². The van der Waals surface area contributed by atoms with Crippen LogP contribution in [0, 0.1) is 0 Å². The van der Waals surface area contributed by atoms with Gasteiger partial charge < -0.3 is 9.64 Å². The molecule has 116 valence electrons. The second-order valence-corrected chi connectivity index (χ2v) is 5.80. The molecule has 1 N–H and O–H groups in total. The van der Waals surface area contributed by atoms with E-state index in [9.17, 15) is 4.79 Å². The van der Waals surface area contributed by atoms with E-state index in [0.29, 0.717) is 0 Å². The fourth-order valence-electron chi connectivity index (χ4n) is 2.89. The van der Waals surface area contributed by atoms with Crippen LogP contribution in [0.4, 0.5) is 0 Å². The van der Waals surface area contributed by atoms with Crippen molar-refractivity contribution >= 4 is 5.91 Å². The molecule has 0 spiro atoms. The van der Waals surface area contributed by atoms with Gasteiger partial charge in [0.1, 0.15) is 11.9 Å². The summed E-state index contributed by atoms with van der Waals surface area (Å²) in [5.41, 5.74) is 1.11. The minimum atomic E-state index is -0.124. The van der Waals surface area contributed by atoms with E-state index in [1.54, 1.807) is 7.11 Å². The first-order valence-electron chi connectivity index (χ1n) is 7.80. The van der Waals surface area contributed by atoms with E-state index >= 15 is 0 Å². The Bertz CT molecular complexity index is 472. The minimum absolute atomic E-state index is 0.0368. The standard InChI is InChI=1S/C17H26N2O2/c1-5-6-7-12(2)19-16(18-13(3)17(19)20)14-8-10-15(21-4)11-9-14/h8-13,16,18H,5-7H2,1-4H3. The van der Waals surface area contributed by atoms with Gasteiger partial charge in [0.25, 0.3) is 0 Å². The third kappa shape index (κ3) is 3.38. The molecule has 2 rings (SSSR count). The van der Waals surface area contributed by atoms with Crippen molar-refractivity contribution in [3.63, 3.8) is 0 Å². The average molecular weight is 290 g/mol. The molecule has 4 heteroatoms. The number of hydrogen-bond acceptors (Lipinski definition) is 3. The number of methoxy groups -OCH3 is 1. The number of amides is 1. The Morgan fingerprint density at radius 3 is 2.57 bits per heavy atom. The second kappa shape index (κ2) is 6.94. The molecule has 1 aliphatic heterocycles. The van der Waals surface area contributed by atoms with Crippen molar-refractivity contribution in [2.24, 2.45) is 0 Å². The number of carbonyl (C=O) groups is 1. The van der Waals surface area contributed by atoms with Crippen LogP contribution in [0.25, 0.3) is 0 Å². The fraction of sp³-hybridized carbons (Fsp3) is 0.588. The smallest absolute Gasteiger partial charge is 0.241 e. The molecule has 1 heterocycles. The summed E-state index contributed by atoms with van der Waals surface area (Å²) in [6.45, 7) is 6.26. The Hall–Kier alpha value is -1.55. The summed E-state index contributed by atoms with van der Waals surface area (Å²) in [5.74, 6) is 1.03. The van der Waals surface area contributed by atoms with Gasteiger partial charge in [-0.25, -0.2) is 0 Å². The van der Waals surface area contributed by atoms with Gasteiger partial charge in [-0.15, -0.1) is 0 Å². The summed E-state index contributed by atoms with van der Waals surface area (Å²) in [7, 11) is 1.66. The Kier molecular flexibility index (Phi) is 5.23. The summed E-state index contributed by atoms with van der Waals surface area (Å²) >= 11 is 0. The number of benzene rings is 1. The van der Waals surface area contributed by atoms with E-state index in [4.69, 9.17) is 4.74 Å². The van der Waals surface area contributed by atoms with Crippen molar-refractivity contribution in [3.8, 4) is 5.75 Å². The van der Waals surface area contributed by atoms with Crippen molar-refractivity contribution in [1.82, 2.24) is 10.2 Å². The van der Waals surface area contributed by atoms with E-state index in [-0.39, 0.29) is 24.2 Å². The summed E-state index contributed by atoms with van der Waals surface area (Å²) < 4.78 is 5.20. The lowest BCUT2D eigenvalue weighted by molar-refractivity contribution is -0.131. The molecule has 3 atom stereocenters. The molecule has 4 nitrogen and oxygen atoms in total. The van der Waals surface area contributed by atoms with Crippen molar-refractivity contribution in [2.75, 3.05) is 7.11 Å². The largest absolute Gasteiger partial charge is 0.497 e. The first-order chi connectivity index (χ1) is 10.1. The zero-order valence-corrected chi connectivity index (χ0v) is 13.4. The molecule has 0 aromatic heterocycles. The van der Waals surface area contributed by atoms with Crippen LogP contribution in [-0.2, 0) is 4.79 Å². The third-order valence-electron chi connectivity index (χ3n) is 4.19. The Morgan fingerprint density at radius 2 is 2.00 bits per heavy atom. The Balaban J connectivity index is 2.20. The van der Waals surface area contributed by atoms with E-state index in [2.05, 4.69) is 19.2 Å². The molecular weight excluding hydrogens is 264 g/mol. The number of ether oxygens (including phenoxy) is 1. The molecule has 3 unspecified atom stereocenters. The highest BCUT2D eigenvalue weighted by Crippen LogP contribution is 2.30. The summed E-state index contributed by atoms with van der Waals surface area (Å²) in [5, 5.41) is 3.40. The van der Waals surface area contributed by atoms with Gasteiger partial charge in [-0.2, -0.15) is 0 Å². The molecule has 0 bridgehead atoms. The number of carbonyl (C=O) groups excluding carboxylic acids is 1. The summed E-state index contributed by atoms with van der Waals surface area (Å²) in [6, 6.07) is 8.07. The zero-order chi connectivity index (χ0) is 15.4. The van der Waals surface area contributed by atoms with Gasteiger partial charge >= 0.3 is 0 Å². The highest BCUT2D eigenvalue weighted by Gasteiger charge is 2.39. The maximum Gasteiger partial charge on any atom is 0.241 e. The molecule has 21 heavy (non-hydrogen) atoms. The van der Waals surface area contributed by atoms with E-state index in [0.717, 1.165) is 30.6 Å². The predicted octanol–water partition coefficient (Wildman–Crippen LogP) is 3.09. The normalized spacial score (nSPS) is 23.4. The SMILES string of the molecule is CCCCC(C)N1C(=O)C(C)NC1c1ccc(OC)cc1. The Labute approximate surface area is 127 Å². The van der Waals surface area contributed by atoms with Crippen LogP contribution in [0.15, 0.2) is 24.3 Å². The van der Waals surface area contributed by atoms with Crippen LogP contribution in [0.1, 0.15) is 51.8 Å². The number of hydrogen-bond donors (Lipinski definition) is 1. The molecule has 1 aliphatic rings. The topological polar surface area (TPSA) is 41.6 Å². The monoisotopic (exact) mass is 290 g/mol. The predicted molar refractivity (Wildman–Crippen MR) is 84.2 cm³/mol. The van der Waals surface area contributed by atoms with Gasteiger partial charge in [0, 0.05) is 6.04 Å². The van der Waals surface area contributed by atoms with Crippen LogP contribution in [0.2, 0.25) is 0 Å². The van der Waals surface area contributed by atoms with Crippen molar-refractivity contribution in [3.05, 3.63) is 29.8 Å². The molecule has 1 saturated heterocycles. The maximum absolute atomic E-state index is 12.5. The van der Waals surface area contributed by atoms with Crippen LogP contribution in [-0.4, -0.2) is 30.0 Å². The number of rotatable bonds is 6. The van der Waals surface area contributed by atoms with Crippen molar-refractivity contribution in [1.29, 1.82) is 0 Å². The van der Waals surface area contributed by atoms with Gasteiger partial charge in [0.15, 0.2) is 0 Å². The van der Waals surface area contributed by atoms with E-state index in [1.165, 1.54) is 0 Å². The highest BCUT2D eigenvalue weighted by molar-refractivity contribution is 5.84. The molecular formula is C17H26N2O2. The molecule has 1 aromatic carbocycles. The average Bonchev–Trinajstić information content (AvgIpc) is 2.80. The van der Waals surface area contributed by atoms with Crippen LogP contribution < -0.4 is 10.1 Å². The quantitative estimate of drug-likeness (QED) is 0.875. The number of unbranched alkanes of at least 4 members (excludes halogenated alkanes) is 1. The molecule has 1 amide bonds. The molecule has 0 saturated carbocycles. The molecule has 1 fully saturated rings. The minimum Gasteiger partial charge on any atom is -0.497 e. The van der Waals surface area contributed by atoms with E-state index in [1.807, 2.05) is 36.1 Å². The van der Waals surface area contributed by atoms with Crippen LogP contribution in [0.3, 0.4) is 0 Å².